The molecule has 1 aromatic heterocycles. The van der Waals surface area contributed by atoms with E-state index in [-0.39, 0.29) is 12.1 Å². The molecule has 0 bridgehead atoms. The van der Waals surface area contributed by atoms with E-state index in [1.54, 1.807) is 18.1 Å². The summed E-state index contributed by atoms with van der Waals surface area (Å²) in [6.45, 7) is 2.35. The van der Waals surface area contributed by atoms with Crippen molar-refractivity contribution in [3.05, 3.63) is 6.33 Å². The van der Waals surface area contributed by atoms with Gasteiger partial charge in [0.05, 0.1) is 6.61 Å². The largest absolute Gasteiger partial charge is 0.394 e. The van der Waals surface area contributed by atoms with Gasteiger partial charge in [-0.25, -0.2) is 0 Å². The van der Waals surface area contributed by atoms with E-state index >= 15 is 0 Å². The number of aryl methyl sites for hydroxylation is 1. The molecule has 6 heteroatoms. The lowest BCUT2D eigenvalue weighted by molar-refractivity contribution is 0.161. The number of aliphatic hydroxyl groups is 1. The molecule has 0 aromatic carbocycles. The number of rotatable bonds is 9. The molecule has 1 aromatic rings. The Labute approximate surface area is 119 Å². The molecule has 1 aliphatic rings. The van der Waals surface area contributed by atoms with Crippen LogP contribution in [-0.2, 0) is 7.05 Å². The van der Waals surface area contributed by atoms with Crippen LogP contribution < -0.4 is 5.32 Å². The molecule has 0 amide bonds. The standard InChI is InChI=1S/C13H24N4OS/c1-13(9-18,15-11-5-6-11)7-3-4-8-19-12-16-14-10-17(12)2/h10-11,15,18H,3-9H2,1-2H3. The summed E-state index contributed by atoms with van der Waals surface area (Å²) in [7, 11) is 1.96. The van der Waals surface area contributed by atoms with E-state index in [9.17, 15) is 5.11 Å². The highest BCUT2D eigenvalue weighted by molar-refractivity contribution is 7.99. The summed E-state index contributed by atoms with van der Waals surface area (Å²) < 4.78 is 1.94. The van der Waals surface area contributed by atoms with Crippen molar-refractivity contribution < 1.29 is 5.11 Å². The van der Waals surface area contributed by atoms with E-state index < -0.39 is 0 Å². The van der Waals surface area contributed by atoms with E-state index in [4.69, 9.17) is 0 Å². The molecule has 1 saturated carbocycles. The number of aliphatic hydroxyl groups excluding tert-OH is 1. The first-order valence-corrected chi connectivity index (χ1v) is 7.97. The predicted octanol–water partition coefficient (Wildman–Crippen LogP) is 1.58. The van der Waals surface area contributed by atoms with Crippen molar-refractivity contribution in [1.82, 2.24) is 20.1 Å². The monoisotopic (exact) mass is 284 g/mol. The molecule has 0 saturated heterocycles. The zero-order chi connectivity index (χ0) is 13.7. The third-order valence-electron chi connectivity index (χ3n) is 3.50. The molecule has 2 N–H and O–H groups in total. The summed E-state index contributed by atoms with van der Waals surface area (Å²) in [5.41, 5.74) is -0.101. The van der Waals surface area contributed by atoms with E-state index in [1.807, 2.05) is 11.6 Å². The first kappa shape index (κ1) is 14.8. The lowest BCUT2D eigenvalue weighted by atomic mass is 9.96. The molecular weight excluding hydrogens is 260 g/mol. The second-order valence-electron chi connectivity index (χ2n) is 5.67. The van der Waals surface area contributed by atoms with E-state index in [2.05, 4.69) is 22.4 Å². The van der Waals surface area contributed by atoms with Crippen LogP contribution in [0.5, 0.6) is 0 Å². The summed E-state index contributed by atoms with van der Waals surface area (Å²) in [5, 5.41) is 21.9. The second-order valence-corrected chi connectivity index (χ2v) is 6.73. The van der Waals surface area contributed by atoms with Crippen molar-refractivity contribution in [2.24, 2.45) is 7.05 Å². The van der Waals surface area contributed by atoms with Gasteiger partial charge in [0.15, 0.2) is 5.16 Å². The van der Waals surface area contributed by atoms with Crippen LogP contribution in [0, 0.1) is 0 Å². The fourth-order valence-corrected chi connectivity index (χ4v) is 2.99. The second kappa shape index (κ2) is 6.72. The Hall–Kier alpha value is -0.590. The minimum absolute atomic E-state index is 0.101. The average molecular weight is 284 g/mol. The minimum Gasteiger partial charge on any atom is -0.394 e. The van der Waals surface area contributed by atoms with Gasteiger partial charge in [-0.3, -0.25) is 0 Å². The quantitative estimate of drug-likeness (QED) is 0.532. The first-order chi connectivity index (χ1) is 9.13. The van der Waals surface area contributed by atoms with Crippen molar-refractivity contribution in [2.45, 2.75) is 55.8 Å². The van der Waals surface area contributed by atoms with Gasteiger partial charge in [0.1, 0.15) is 6.33 Å². The summed E-state index contributed by atoms with van der Waals surface area (Å²) in [5.74, 6) is 1.05. The topological polar surface area (TPSA) is 63.0 Å². The molecule has 1 unspecified atom stereocenters. The zero-order valence-electron chi connectivity index (χ0n) is 11.8. The predicted molar refractivity (Wildman–Crippen MR) is 77.2 cm³/mol. The fourth-order valence-electron chi connectivity index (χ4n) is 2.10. The van der Waals surface area contributed by atoms with Gasteiger partial charge in [0.2, 0.25) is 0 Å². The third kappa shape index (κ3) is 4.78. The lowest BCUT2D eigenvalue weighted by Crippen LogP contribution is -2.46. The Kier molecular flexibility index (Phi) is 5.24. The number of hydrogen-bond acceptors (Lipinski definition) is 5. The molecule has 0 radical (unpaired) electrons. The van der Waals surface area contributed by atoms with Crippen molar-refractivity contribution >= 4 is 11.8 Å². The third-order valence-corrected chi connectivity index (χ3v) is 4.62. The maximum atomic E-state index is 9.52. The number of nitrogens with zero attached hydrogens (tertiary/aromatic N) is 3. The van der Waals surface area contributed by atoms with Crippen molar-refractivity contribution in [2.75, 3.05) is 12.4 Å². The van der Waals surface area contributed by atoms with Gasteiger partial charge in [-0.2, -0.15) is 0 Å². The molecular formula is C13H24N4OS. The number of hydrogen-bond donors (Lipinski definition) is 2. The molecule has 1 aliphatic carbocycles. The van der Waals surface area contributed by atoms with Crippen LogP contribution in [-0.4, -0.2) is 43.8 Å². The average Bonchev–Trinajstić information content (AvgIpc) is 3.11. The van der Waals surface area contributed by atoms with Gasteiger partial charge >= 0.3 is 0 Å². The Bertz CT molecular complexity index is 394. The lowest BCUT2D eigenvalue weighted by Gasteiger charge is -2.29. The number of unbranched alkanes of at least 4 members (excludes halogenated alkanes) is 1. The van der Waals surface area contributed by atoms with Crippen molar-refractivity contribution in [3.8, 4) is 0 Å². The van der Waals surface area contributed by atoms with Gasteiger partial charge in [-0.15, -0.1) is 10.2 Å². The molecule has 108 valence electrons. The molecule has 0 spiro atoms. The highest BCUT2D eigenvalue weighted by Crippen LogP contribution is 2.25. The van der Waals surface area contributed by atoms with Gasteiger partial charge in [0.25, 0.3) is 0 Å². The SMILES string of the molecule is Cn1cnnc1SCCCCC(C)(CO)NC1CC1. The van der Waals surface area contributed by atoms with Gasteiger partial charge in [-0.1, -0.05) is 18.2 Å². The summed E-state index contributed by atoms with van der Waals surface area (Å²) in [6, 6.07) is 0.644. The van der Waals surface area contributed by atoms with Crippen molar-refractivity contribution in [3.63, 3.8) is 0 Å². The Morgan fingerprint density at radius 3 is 2.89 bits per heavy atom. The zero-order valence-corrected chi connectivity index (χ0v) is 12.6. The van der Waals surface area contributed by atoms with Gasteiger partial charge < -0.3 is 15.0 Å². The smallest absolute Gasteiger partial charge is 0.190 e. The van der Waals surface area contributed by atoms with Crippen LogP contribution in [0.25, 0.3) is 0 Å². The number of thioether (sulfide) groups is 1. The van der Waals surface area contributed by atoms with Crippen LogP contribution in [0.4, 0.5) is 0 Å². The maximum Gasteiger partial charge on any atom is 0.190 e. The fraction of sp³-hybridized carbons (Fsp3) is 0.846. The van der Waals surface area contributed by atoms with Crippen molar-refractivity contribution in [1.29, 1.82) is 0 Å². The summed E-state index contributed by atoms with van der Waals surface area (Å²) in [4.78, 5) is 0. The molecule has 0 aliphatic heterocycles. The van der Waals surface area contributed by atoms with Gasteiger partial charge in [-0.05, 0) is 32.6 Å². The molecule has 5 nitrogen and oxygen atoms in total. The molecule has 1 atom stereocenters. The van der Waals surface area contributed by atoms with E-state index in [0.29, 0.717) is 6.04 Å². The van der Waals surface area contributed by atoms with E-state index in [0.717, 1.165) is 30.2 Å². The highest BCUT2D eigenvalue weighted by atomic mass is 32.2. The first-order valence-electron chi connectivity index (χ1n) is 6.98. The van der Waals surface area contributed by atoms with Crippen LogP contribution in [0.2, 0.25) is 0 Å². The molecule has 1 fully saturated rings. The Balaban J connectivity index is 1.61. The Morgan fingerprint density at radius 1 is 1.53 bits per heavy atom. The number of nitrogens with one attached hydrogen (secondary N) is 1. The molecule has 2 rings (SSSR count). The maximum absolute atomic E-state index is 9.52. The highest BCUT2D eigenvalue weighted by Gasteiger charge is 2.31. The normalized spacial score (nSPS) is 18.5. The minimum atomic E-state index is -0.101. The molecule has 1 heterocycles. The summed E-state index contributed by atoms with van der Waals surface area (Å²) >= 11 is 1.74. The van der Waals surface area contributed by atoms with Crippen LogP contribution in [0.3, 0.4) is 0 Å². The molecule has 19 heavy (non-hydrogen) atoms. The van der Waals surface area contributed by atoms with E-state index in [1.165, 1.54) is 12.8 Å². The Morgan fingerprint density at radius 2 is 2.32 bits per heavy atom. The van der Waals surface area contributed by atoms with Gasteiger partial charge in [0, 0.05) is 24.4 Å². The number of aromatic nitrogens is 3. The van der Waals surface area contributed by atoms with Crippen LogP contribution in [0.1, 0.15) is 39.0 Å². The van der Waals surface area contributed by atoms with Crippen LogP contribution in [0.15, 0.2) is 11.5 Å². The van der Waals surface area contributed by atoms with Crippen LogP contribution >= 0.6 is 11.8 Å². The summed E-state index contributed by atoms with van der Waals surface area (Å²) in [6.07, 6.45) is 7.54.